The number of nitrogens with one attached hydrogen (secondary N) is 1. The number of alkyl halides is 2. The molecule has 0 aromatic rings. The Morgan fingerprint density at radius 3 is 2.69 bits per heavy atom. The van der Waals surface area contributed by atoms with Crippen LogP contribution in [0.2, 0.25) is 0 Å². The van der Waals surface area contributed by atoms with Crippen molar-refractivity contribution >= 4 is 17.6 Å². The van der Waals surface area contributed by atoms with Crippen LogP contribution in [0.4, 0.5) is 17.6 Å². The van der Waals surface area contributed by atoms with Crippen molar-refractivity contribution in [3.05, 3.63) is 35.1 Å². The van der Waals surface area contributed by atoms with Crippen molar-refractivity contribution in [1.82, 2.24) is 10.4 Å². The topological polar surface area (TPSA) is 75.5 Å². The molecule has 2 aliphatic carbocycles. The Morgan fingerprint density at radius 1 is 1.34 bits per heavy atom. The molecule has 7 nitrogen and oxygen atoms in total. The number of carbonyl (C=O) groups is 1. The van der Waals surface area contributed by atoms with Crippen LogP contribution in [0.5, 0.6) is 0 Å². The van der Waals surface area contributed by atoms with Gasteiger partial charge in [-0.3, -0.25) is 15.1 Å². The Balaban J connectivity index is 1.48. The Bertz CT molecular complexity index is 1040. The van der Waals surface area contributed by atoms with Crippen LogP contribution >= 0.6 is 0 Å². The van der Waals surface area contributed by atoms with E-state index in [1.54, 1.807) is 14.0 Å². The fourth-order valence-electron chi connectivity index (χ4n) is 4.27. The predicted octanol–water partition coefficient (Wildman–Crippen LogP) is 4.53. The highest BCUT2D eigenvalue weighted by atomic mass is 19.3. The van der Waals surface area contributed by atoms with E-state index in [9.17, 15) is 13.6 Å². The molecule has 35 heavy (non-hydrogen) atoms. The van der Waals surface area contributed by atoms with Gasteiger partial charge in [-0.2, -0.15) is 13.2 Å². The maximum atomic E-state index is 15.2. The third kappa shape index (κ3) is 4.93. The van der Waals surface area contributed by atoms with Crippen LogP contribution in [0.1, 0.15) is 52.9 Å². The molecule has 1 amide bonds. The molecule has 192 valence electrons. The molecule has 11 heteroatoms. The van der Waals surface area contributed by atoms with Gasteiger partial charge in [0, 0.05) is 25.6 Å². The molecule has 0 aromatic heterocycles. The number of allylic oxidation sites excluding steroid dienone is 1. The molecule has 0 spiro atoms. The summed E-state index contributed by atoms with van der Waals surface area (Å²) in [7, 11) is 1.55. The smallest absolute Gasteiger partial charge is 0.301 e. The molecule has 3 atom stereocenters. The summed E-state index contributed by atoms with van der Waals surface area (Å²) in [5.41, 5.74) is 1.23. The van der Waals surface area contributed by atoms with Crippen molar-refractivity contribution in [2.75, 3.05) is 13.7 Å². The van der Waals surface area contributed by atoms with E-state index < -0.39 is 47.2 Å². The van der Waals surface area contributed by atoms with E-state index >= 15 is 8.78 Å². The fourth-order valence-corrected chi connectivity index (χ4v) is 4.27. The largest absolute Gasteiger partial charge is 0.372 e. The van der Waals surface area contributed by atoms with Crippen LogP contribution in [0, 0.1) is 5.92 Å². The minimum atomic E-state index is -3.50. The number of hydrogen-bond donors (Lipinski definition) is 1. The first kappa shape index (κ1) is 25.6. The standard InChI is InChI=1S/C24H30F4N4O3/c1-13-20(19(26)22(33)32(4)23(3)10-11-23)29-14(2)30-21(13)31-35-16-8-5-7-15(18(16)25)24(27,28)17-9-6-12-34-17/h5,7,13,16-17H,6,8-12H2,1-4H3,(H,29,30,31)/b20-19-/t13?,16?,17-/m0/s1. The lowest BCUT2D eigenvalue weighted by Gasteiger charge is -2.29. The number of carbonyl (C=O) groups excluding carboxylic acids is 1. The van der Waals surface area contributed by atoms with Gasteiger partial charge in [-0.15, -0.1) is 0 Å². The number of amides is 1. The number of likely N-dealkylation sites (N-methyl/N-ethyl adjacent to an activating group) is 1. The van der Waals surface area contributed by atoms with Gasteiger partial charge < -0.3 is 9.64 Å². The number of rotatable bonds is 6. The second-order valence-electron chi connectivity index (χ2n) is 9.67. The molecule has 0 aromatic carbocycles. The summed E-state index contributed by atoms with van der Waals surface area (Å²) in [5, 5.41) is 0. The number of amidine groups is 2. The van der Waals surface area contributed by atoms with Gasteiger partial charge in [-0.1, -0.05) is 12.2 Å². The summed E-state index contributed by atoms with van der Waals surface area (Å²) >= 11 is 0. The molecule has 4 aliphatic rings. The number of halogens is 4. The van der Waals surface area contributed by atoms with Crippen LogP contribution in [0.25, 0.3) is 0 Å². The zero-order chi connectivity index (χ0) is 25.5. The number of ether oxygens (including phenoxy) is 1. The summed E-state index contributed by atoms with van der Waals surface area (Å²) in [4.78, 5) is 27.7. The molecular formula is C24H30F4N4O3. The van der Waals surface area contributed by atoms with E-state index in [-0.39, 0.29) is 42.4 Å². The Labute approximate surface area is 201 Å². The van der Waals surface area contributed by atoms with Crippen molar-refractivity contribution in [2.24, 2.45) is 15.9 Å². The molecule has 0 radical (unpaired) electrons. The van der Waals surface area contributed by atoms with E-state index in [4.69, 9.17) is 9.57 Å². The minimum Gasteiger partial charge on any atom is -0.372 e. The average Bonchev–Trinajstić information content (AvgIpc) is 3.32. The summed E-state index contributed by atoms with van der Waals surface area (Å²) in [6.07, 6.45) is 1.98. The molecule has 2 heterocycles. The summed E-state index contributed by atoms with van der Waals surface area (Å²) in [6.45, 7) is 5.17. The lowest BCUT2D eigenvalue weighted by atomic mass is 9.94. The lowest BCUT2D eigenvalue weighted by molar-refractivity contribution is -0.129. The van der Waals surface area contributed by atoms with E-state index in [1.165, 1.54) is 17.9 Å². The highest BCUT2D eigenvalue weighted by Crippen LogP contribution is 2.42. The van der Waals surface area contributed by atoms with Crippen LogP contribution in [-0.4, -0.2) is 59.8 Å². The molecule has 1 N–H and O–H groups in total. The number of hydrogen-bond acceptors (Lipinski definition) is 6. The number of nitrogens with zero attached hydrogens (tertiary/aromatic N) is 3. The van der Waals surface area contributed by atoms with Crippen LogP contribution < -0.4 is 5.48 Å². The molecule has 4 rings (SSSR count). The summed E-state index contributed by atoms with van der Waals surface area (Å²) in [5.74, 6) is -6.96. The lowest BCUT2D eigenvalue weighted by Crippen LogP contribution is -2.41. The van der Waals surface area contributed by atoms with Crippen molar-refractivity contribution in [2.45, 2.75) is 76.5 Å². The van der Waals surface area contributed by atoms with E-state index in [0.29, 0.717) is 6.42 Å². The second kappa shape index (κ2) is 9.50. The first-order chi connectivity index (χ1) is 16.5. The Hall–Kier alpha value is -2.53. The van der Waals surface area contributed by atoms with E-state index in [1.807, 2.05) is 6.92 Å². The van der Waals surface area contributed by atoms with Gasteiger partial charge >= 0.3 is 5.92 Å². The molecule has 2 unspecified atom stereocenters. The molecule has 0 bridgehead atoms. The van der Waals surface area contributed by atoms with E-state index in [2.05, 4.69) is 15.5 Å². The van der Waals surface area contributed by atoms with Gasteiger partial charge in [0.05, 0.1) is 17.2 Å². The van der Waals surface area contributed by atoms with Crippen molar-refractivity contribution < 1.29 is 31.9 Å². The third-order valence-corrected chi connectivity index (χ3v) is 7.06. The summed E-state index contributed by atoms with van der Waals surface area (Å²) < 4.78 is 65.0. The SMILES string of the molecule is CC1=N/C(=C(\F)C(=O)N(C)C2(C)CC2)C(C)C(NOC2CC=CC(C(F)(F)[C@@H]3CCCO3)=C2F)=N1. The molecule has 1 saturated heterocycles. The van der Waals surface area contributed by atoms with E-state index in [0.717, 1.165) is 18.9 Å². The molecule has 2 fully saturated rings. The van der Waals surface area contributed by atoms with Gasteiger partial charge in [-0.25, -0.2) is 14.4 Å². The highest BCUT2D eigenvalue weighted by Gasteiger charge is 2.48. The third-order valence-electron chi connectivity index (χ3n) is 7.06. The normalized spacial score (nSPS) is 29.5. The quantitative estimate of drug-likeness (QED) is 0.332. The van der Waals surface area contributed by atoms with Gasteiger partial charge in [0.2, 0.25) is 5.83 Å². The van der Waals surface area contributed by atoms with Crippen LogP contribution in [-0.2, 0) is 14.4 Å². The monoisotopic (exact) mass is 498 g/mol. The number of aliphatic imine (C=N–C) groups is 2. The Morgan fingerprint density at radius 2 is 2.06 bits per heavy atom. The molecule has 1 saturated carbocycles. The van der Waals surface area contributed by atoms with Crippen LogP contribution in [0.3, 0.4) is 0 Å². The Kier molecular flexibility index (Phi) is 6.93. The van der Waals surface area contributed by atoms with Gasteiger partial charge in [0.15, 0.2) is 0 Å². The fraction of sp³-hybridized carbons (Fsp3) is 0.625. The zero-order valence-electron chi connectivity index (χ0n) is 20.2. The zero-order valence-corrected chi connectivity index (χ0v) is 20.2. The predicted molar refractivity (Wildman–Crippen MR) is 122 cm³/mol. The first-order valence-electron chi connectivity index (χ1n) is 11.7. The average molecular weight is 499 g/mol. The van der Waals surface area contributed by atoms with Crippen LogP contribution in [0.15, 0.2) is 45.1 Å². The second-order valence-corrected chi connectivity index (χ2v) is 9.67. The van der Waals surface area contributed by atoms with Gasteiger partial charge in [0.1, 0.15) is 29.7 Å². The van der Waals surface area contributed by atoms with Crippen molar-refractivity contribution in [3.8, 4) is 0 Å². The van der Waals surface area contributed by atoms with Crippen molar-refractivity contribution in [1.29, 1.82) is 0 Å². The minimum absolute atomic E-state index is 0.0115. The van der Waals surface area contributed by atoms with Crippen molar-refractivity contribution in [3.63, 3.8) is 0 Å². The molecular weight excluding hydrogens is 468 g/mol. The first-order valence-corrected chi connectivity index (χ1v) is 11.7. The molecule has 2 aliphatic heterocycles. The number of hydroxylamine groups is 1. The maximum Gasteiger partial charge on any atom is 0.301 e. The maximum absolute atomic E-state index is 15.2. The highest BCUT2D eigenvalue weighted by molar-refractivity contribution is 6.03. The summed E-state index contributed by atoms with van der Waals surface area (Å²) in [6, 6.07) is 0. The van der Waals surface area contributed by atoms with Gasteiger partial charge in [0.25, 0.3) is 5.91 Å². The van der Waals surface area contributed by atoms with Gasteiger partial charge in [-0.05, 0) is 46.5 Å².